The van der Waals surface area contributed by atoms with Crippen LogP contribution in [0, 0.1) is 16.7 Å². The molecule has 1 aromatic heterocycles. The largest absolute Gasteiger partial charge is 0.380 e. The molecule has 2 N–H and O–H groups in total. The maximum Gasteiger partial charge on any atom is 0.262 e. The zero-order chi connectivity index (χ0) is 20.9. The lowest BCUT2D eigenvalue weighted by atomic mass is 9.82. The molecule has 156 valence electrons. The zero-order valence-corrected chi connectivity index (χ0v) is 17.1. The highest BCUT2D eigenvalue weighted by atomic mass is 16.5. The molecule has 2 fully saturated rings. The molecule has 2 heterocycles. The lowest BCUT2D eigenvalue weighted by molar-refractivity contribution is -0.138. The van der Waals surface area contributed by atoms with Crippen molar-refractivity contribution in [1.82, 2.24) is 20.4 Å². The van der Waals surface area contributed by atoms with Crippen molar-refractivity contribution in [3.8, 4) is 6.07 Å². The summed E-state index contributed by atoms with van der Waals surface area (Å²) in [4.78, 5) is 25.3. The third kappa shape index (κ3) is 5.45. The third-order valence-electron chi connectivity index (χ3n) is 5.73. The van der Waals surface area contributed by atoms with Gasteiger partial charge in [0, 0.05) is 37.5 Å². The van der Waals surface area contributed by atoms with E-state index in [4.69, 9.17) is 4.74 Å². The molecule has 3 atom stereocenters. The van der Waals surface area contributed by atoms with Crippen LogP contribution in [0.3, 0.4) is 0 Å². The minimum Gasteiger partial charge on any atom is -0.380 e. The highest BCUT2D eigenvalue weighted by Gasteiger charge is 2.37. The van der Waals surface area contributed by atoms with Gasteiger partial charge in [0.05, 0.1) is 18.2 Å². The molecule has 1 aromatic rings. The number of nitrogens with zero attached hydrogens (tertiary/aromatic N) is 3. The van der Waals surface area contributed by atoms with Gasteiger partial charge < -0.3 is 15.4 Å². The second-order valence-electron chi connectivity index (χ2n) is 8.34. The molecule has 1 saturated heterocycles. The van der Waals surface area contributed by atoms with Gasteiger partial charge in [0.15, 0.2) is 0 Å². The number of aromatic nitrogens is 2. The molecular weight excluding hydrogens is 370 g/mol. The fraction of sp³-hybridized carbons (Fsp3) is 0.619. The van der Waals surface area contributed by atoms with Crippen LogP contribution in [0.1, 0.15) is 51.0 Å². The second-order valence-corrected chi connectivity index (χ2v) is 8.34. The number of hydrogen-bond donors (Lipinski definition) is 2. The average Bonchev–Trinajstić information content (AvgIpc) is 3.11. The first-order chi connectivity index (χ1) is 13.9. The number of ether oxygens (including phenoxy) is 1. The number of nitriles is 1. The van der Waals surface area contributed by atoms with Crippen LogP contribution in [0.5, 0.6) is 0 Å². The highest BCUT2D eigenvalue weighted by molar-refractivity contribution is 6.01. The smallest absolute Gasteiger partial charge is 0.262 e. The van der Waals surface area contributed by atoms with Gasteiger partial charge in [0.1, 0.15) is 11.6 Å². The quantitative estimate of drug-likeness (QED) is 0.578. The van der Waals surface area contributed by atoms with E-state index in [1.54, 1.807) is 24.1 Å². The van der Waals surface area contributed by atoms with Crippen molar-refractivity contribution in [3.05, 3.63) is 23.5 Å². The topological polar surface area (TPSA) is 109 Å². The van der Waals surface area contributed by atoms with Crippen LogP contribution in [0.25, 0.3) is 6.08 Å². The molecule has 0 radical (unpaired) electrons. The summed E-state index contributed by atoms with van der Waals surface area (Å²) in [5, 5.41) is 19.5. The molecule has 1 unspecified atom stereocenters. The zero-order valence-electron chi connectivity index (χ0n) is 17.1. The molecule has 1 aliphatic carbocycles. The minimum atomic E-state index is -0.477. The van der Waals surface area contributed by atoms with Crippen molar-refractivity contribution >= 4 is 17.9 Å². The first-order valence-electron chi connectivity index (χ1n) is 10.2. The van der Waals surface area contributed by atoms with Crippen molar-refractivity contribution in [2.45, 2.75) is 57.5 Å². The van der Waals surface area contributed by atoms with Gasteiger partial charge >= 0.3 is 0 Å². The molecule has 0 spiro atoms. The molecule has 0 bridgehead atoms. The number of rotatable bonds is 5. The van der Waals surface area contributed by atoms with Crippen molar-refractivity contribution in [1.29, 1.82) is 5.26 Å². The Morgan fingerprint density at radius 3 is 2.72 bits per heavy atom. The Morgan fingerprint density at radius 2 is 2.10 bits per heavy atom. The summed E-state index contributed by atoms with van der Waals surface area (Å²) in [5.74, 6) is -0.357. The van der Waals surface area contributed by atoms with E-state index in [9.17, 15) is 14.9 Å². The molecule has 3 rings (SSSR count). The Morgan fingerprint density at radius 1 is 1.34 bits per heavy atom. The molecule has 0 aromatic carbocycles. The molecule has 1 saturated carbocycles. The van der Waals surface area contributed by atoms with Gasteiger partial charge in [0.2, 0.25) is 5.91 Å². The maximum atomic E-state index is 12.7. The minimum absolute atomic E-state index is 0.0214. The predicted octanol–water partition coefficient (Wildman–Crippen LogP) is 1.69. The van der Waals surface area contributed by atoms with Crippen molar-refractivity contribution < 1.29 is 14.3 Å². The van der Waals surface area contributed by atoms with Crippen molar-refractivity contribution in [2.75, 3.05) is 13.2 Å². The van der Waals surface area contributed by atoms with Gasteiger partial charge in [-0.25, -0.2) is 0 Å². The van der Waals surface area contributed by atoms with E-state index < -0.39 is 5.41 Å². The summed E-state index contributed by atoms with van der Waals surface area (Å²) in [6, 6.07) is 1.92. The van der Waals surface area contributed by atoms with Crippen LogP contribution in [-0.4, -0.2) is 46.9 Å². The highest BCUT2D eigenvalue weighted by Crippen LogP contribution is 2.29. The second kappa shape index (κ2) is 9.23. The summed E-state index contributed by atoms with van der Waals surface area (Å²) in [7, 11) is 1.78. The lowest BCUT2D eigenvalue weighted by Crippen LogP contribution is -2.51. The summed E-state index contributed by atoms with van der Waals surface area (Å²) < 4.78 is 7.11. The normalized spacial score (nSPS) is 27.7. The Labute approximate surface area is 171 Å². The SMILES string of the molecule is Cn1cc(/C=C(\C#N)C(=O)N[C@@H]2CCC[C@H](NC(=O)C3(C)CCCOC3)C2)cn1. The molecule has 8 nitrogen and oxygen atoms in total. The van der Waals surface area contributed by atoms with Gasteiger partial charge in [-0.05, 0) is 51.5 Å². The Bertz CT molecular complexity index is 817. The molecule has 1 aliphatic heterocycles. The van der Waals surface area contributed by atoms with Crippen LogP contribution in [0.15, 0.2) is 18.0 Å². The number of nitrogens with one attached hydrogen (secondary N) is 2. The first-order valence-corrected chi connectivity index (χ1v) is 10.2. The van der Waals surface area contributed by atoms with Crippen LogP contribution >= 0.6 is 0 Å². The third-order valence-corrected chi connectivity index (χ3v) is 5.73. The van der Waals surface area contributed by atoms with Gasteiger partial charge in [-0.15, -0.1) is 0 Å². The predicted molar refractivity (Wildman–Crippen MR) is 107 cm³/mol. The number of hydrogen-bond acceptors (Lipinski definition) is 5. The molecule has 2 amide bonds. The van der Waals surface area contributed by atoms with Gasteiger partial charge in [-0.3, -0.25) is 14.3 Å². The van der Waals surface area contributed by atoms with E-state index in [2.05, 4.69) is 15.7 Å². The Kier molecular flexibility index (Phi) is 6.70. The fourth-order valence-electron chi connectivity index (χ4n) is 4.02. The number of carbonyl (C=O) groups is 2. The van der Waals surface area contributed by atoms with Gasteiger partial charge in [-0.2, -0.15) is 10.4 Å². The molecular formula is C21H29N5O3. The van der Waals surface area contributed by atoms with Crippen molar-refractivity contribution in [2.24, 2.45) is 12.5 Å². The molecule has 2 aliphatic rings. The van der Waals surface area contributed by atoms with E-state index in [1.807, 2.05) is 13.0 Å². The average molecular weight is 399 g/mol. The Hall–Kier alpha value is -2.66. The summed E-state index contributed by atoms with van der Waals surface area (Å²) >= 11 is 0. The van der Waals surface area contributed by atoms with E-state index in [0.717, 1.165) is 32.1 Å². The van der Waals surface area contributed by atoms with E-state index in [1.165, 1.54) is 6.08 Å². The number of aryl methyl sites for hydroxylation is 1. The van der Waals surface area contributed by atoms with Gasteiger partial charge in [-0.1, -0.05) is 0 Å². The van der Waals surface area contributed by atoms with Crippen LogP contribution in [0.4, 0.5) is 0 Å². The number of carbonyl (C=O) groups excluding carboxylic acids is 2. The summed E-state index contributed by atoms with van der Waals surface area (Å²) in [6.07, 6.45) is 9.92. The van der Waals surface area contributed by atoms with Crippen LogP contribution in [-0.2, 0) is 21.4 Å². The lowest BCUT2D eigenvalue weighted by Gasteiger charge is -2.36. The first kappa shape index (κ1) is 21.1. The van der Waals surface area contributed by atoms with Crippen molar-refractivity contribution in [3.63, 3.8) is 0 Å². The fourth-order valence-corrected chi connectivity index (χ4v) is 4.02. The van der Waals surface area contributed by atoms with E-state index >= 15 is 0 Å². The van der Waals surface area contributed by atoms with Crippen LogP contribution < -0.4 is 10.6 Å². The van der Waals surface area contributed by atoms with Gasteiger partial charge in [0.25, 0.3) is 5.91 Å². The van der Waals surface area contributed by atoms with Crippen LogP contribution in [0.2, 0.25) is 0 Å². The molecule has 29 heavy (non-hydrogen) atoms. The standard InChI is InChI=1S/C21H29N5O3/c1-21(7-4-8-29-14-21)20(28)25-18-6-3-5-17(10-18)24-19(27)16(11-22)9-15-12-23-26(2)13-15/h9,12-13,17-18H,3-8,10,14H2,1-2H3,(H,24,27)(H,25,28)/b16-9+/t17-,18+,21?/m1/s1. The Balaban J connectivity index is 1.56. The monoisotopic (exact) mass is 399 g/mol. The summed E-state index contributed by atoms with van der Waals surface area (Å²) in [6.45, 7) is 3.12. The van der Waals surface area contributed by atoms with E-state index in [-0.39, 0.29) is 29.5 Å². The molecule has 8 heteroatoms. The van der Waals surface area contributed by atoms with E-state index in [0.29, 0.717) is 25.2 Å². The summed E-state index contributed by atoms with van der Waals surface area (Å²) in [5.41, 5.74) is 0.279. The maximum absolute atomic E-state index is 12.7. The number of amides is 2.